The van der Waals surface area contributed by atoms with Crippen LogP contribution < -0.4 is 4.18 Å². The van der Waals surface area contributed by atoms with Crippen molar-refractivity contribution in [2.24, 2.45) is 0 Å². The molecule has 9 nitrogen and oxygen atoms in total. The van der Waals surface area contributed by atoms with Gasteiger partial charge in [0.2, 0.25) is 0 Å². The minimum atomic E-state index is -4.62. The zero-order valence-corrected chi connectivity index (χ0v) is 13.7. The highest BCUT2D eigenvalue weighted by Crippen LogP contribution is 2.33. The molecule has 0 saturated heterocycles. The van der Waals surface area contributed by atoms with Gasteiger partial charge in [-0.25, -0.2) is 0 Å². The molecule has 2 rings (SSSR count). The molecular weight excluding hydrogens is 387 g/mol. The highest BCUT2D eigenvalue weighted by atomic mass is 35.5. The summed E-state index contributed by atoms with van der Waals surface area (Å²) in [5.41, 5.74) is -1.15. The van der Waals surface area contributed by atoms with Gasteiger partial charge < -0.3 is 4.18 Å². The molecule has 0 aliphatic rings. The number of nitro benzene ring substituents is 2. The Morgan fingerprint density at radius 2 is 1.62 bits per heavy atom. The van der Waals surface area contributed by atoms with Gasteiger partial charge in [0, 0.05) is 23.2 Å². The van der Waals surface area contributed by atoms with Crippen molar-refractivity contribution in [2.75, 3.05) is 0 Å². The van der Waals surface area contributed by atoms with Crippen molar-refractivity contribution in [3.63, 3.8) is 0 Å². The van der Waals surface area contributed by atoms with Gasteiger partial charge in [0.05, 0.1) is 14.9 Å². The minimum absolute atomic E-state index is 0.0333. The number of rotatable bonds is 5. The zero-order valence-electron chi connectivity index (χ0n) is 11.4. The smallest absolute Gasteiger partial charge is 0.346 e. The summed E-state index contributed by atoms with van der Waals surface area (Å²) in [5, 5.41) is 21.2. The normalized spacial score (nSPS) is 11.1. The Morgan fingerprint density at radius 3 is 2.17 bits per heavy atom. The number of hydrogen-bond donors (Lipinski definition) is 0. The van der Waals surface area contributed by atoms with Crippen molar-refractivity contribution in [1.29, 1.82) is 0 Å². The third-order valence-corrected chi connectivity index (χ3v) is 4.53. The largest absolute Gasteiger partial charge is 0.377 e. The Bertz CT molecular complexity index is 946. The first kappa shape index (κ1) is 17.9. The van der Waals surface area contributed by atoms with Crippen LogP contribution in [0.1, 0.15) is 0 Å². The third-order valence-electron chi connectivity index (χ3n) is 2.71. The van der Waals surface area contributed by atoms with Gasteiger partial charge in [-0.05, 0) is 18.2 Å². The van der Waals surface area contributed by atoms with Crippen LogP contribution in [0.4, 0.5) is 11.4 Å². The maximum atomic E-state index is 12.2. The summed E-state index contributed by atoms with van der Waals surface area (Å²) >= 11 is 11.4. The number of benzene rings is 2. The highest BCUT2D eigenvalue weighted by molar-refractivity contribution is 7.87. The van der Waals surface area contributed by atoms with Crippen LogP contribution in [0.5, 0.6) is 5.75 Å². The summed E-state index contributed by atoms with van der Waals surface area (Å²) in [5.74, 6) is -0.411. The Labute approximate surface area is 144 Å². The zero-order chi connectivity index (χ0) is 18.1. The topological polar surface area (TPSA) is 130 Å². The van der Waals surface area contributed by atoms with Gasteiger partial charge in [0.25, 0.3) is 11.4 Å². The number of nitro groups is 2. The lowest BCUT2D eigenvalue weighted by Crippen LogP contribution is -2.12. The molecule has 0 fully saturated rings. The second-order valence-corrected chi connectivity index (χ2v) is 6.64. The minimum Gasteiger partial charge on any atom is -0.377 e. The Hall–Kier alpha value is -2.43. The van der Waals surface area contributed by atoms with Gasteiger partial charge in [-0.3, -0.25) is 20.2 Å². The van der Waals surface area contributed by atoms with Crippen LogP contribution in [0.25, 0.3) is 0 Å². The molecule has 0 spiro atoms. The van der Waals surface area contributed by atoms with Crippen LogP contribution in [0, 0.1) is 20.2 Å². The summed E-state index contributed by atoms with van der Waals surface area (Å²) in [7, 11) is -4.62. The van der Waals surface area contributed by atoms with E-state index in [2.05, 4.69) is 0 Å². The van der Waals surface area contributed by atoms with Crippen molar-refractivity contribution in [3.8, 4) is 5.75 Å². The standard InChI is InChI=1S/C12H6Cl2N2O7S/c13-7-1-4-12(10(5-7)16(19)20)24(21,22)23-11-3-2-8(15(17)18)6-9(11)14/h1-6H. The fraction of sp³-hybridized carbons (Fsp3) is 0. The summed E-state index contributed by atoms with van der Waals surface area (Å²) in [4.78, 5) is 19.2. The van der Waals surface area contributed by atoms with Crippen molar-refractivity contribution in [3.05, 3.63) is 66.7 Å². The van der Waals surface area contributed by atoms with E-state index in [1.807, 2.05) is 0 Å². The van der Waals surface area contributed by atoms with Crippen molar-refractivity contribution in [1.82, 2.24) is 0 Å². The molecule has 2 aromatic rings. The third kappa shape index (κ3) is 3.72. The number of nitrogens with zero attached hydrogens (tertiary/aromatic N) is 2. The van der Waals surface area contributed by atoms with E-state index in [-0.39, 0.29) is 15.7 Å². The van der Waals surface area contributed by atoms with E-state index < -0.39 is 36.3 Å². The predicted octanol–water partition coefficient (Wildman–Crippen LogP) is 3.58. The Morgan fingerprint density at radius 1 is 0.958 bits per heavy atom. The van der Waals surface area contributed by atoms with E-state index in [1.54, 1.807) is 0 Å². The maximum absolute atomic E-state index is 12.2. The molecule has 0 aliphatic carbocycles. The molecule has 0 amide bonds. The van der Waals surface area contributed by atoms with Crippen molar-refractivity contribution >= 4 is 44.7 Å². The van der Waals surface area contributed by atoms with Gasteiger partial charge >= 0.3 is 10.1 Å². The lowest BCUT2D eigenvalue weighted by molar-refractivity contribution is -0.387. The molecule has 0 N–H and O–H groups in total. The van der Waals surface area contributed by atoms with Gasteiger partial charge in [-0.1, -0.05) is 23.2 Å². The molecule has 0 saturated carbocycles. The average Bonchev–Trinajstić information content (AvgIpc) is 2.48. The first-order valence-electron chi connectivity index (χ1n) is 5.94. The fourth-order valence-electron chi connectivity index (χ4n) is 1.68. The van der Waals surface area contributed by atoms with Crippen LogP contribution in [-0.2, 0) is 10.1 Å². The van der Waals surface area contributed by atoms with E-state index in [1.165, 1.54) is 0 Å². The van der Waals surface area contributed by atoms with Gasteiger partial charge in [-0.15, -0.1) is 0 Å². The molecule has 0 bridgehead atoms. The molecular formula is C12H6Cl2N2O7S. The highest BCUT2D eigenvalue weighted by Gasteiger charge is 2.29. The molecule has 0 aromatic heterocycles. The molecule has 12 heteroatoms. The molecule has 0 unspecified atom stereocenters. The lowest BCUT2D eigenvalue weighted by atomic mass is 10.3. The van der Waals surface area contributed by atoms with Crippen LogP contribution in [0.15, 0.2) is 41.3 Å². The van der Waals surface area contributed by atoms with Gasteiger partial charge in [0.1, 0.15) is 0 Å². The fourth-order valence-corrected chi connectivity index (χ4v) is 3.20. The number of halogens is 2. The summed E-state index contributed by atoms with van der Waals surface area (Å²) in [6.07, 6.45) is 0. The second kappa shape index (κ2) is 6.59. The molecule has 0 heterocycles. The Balaban J connectivity index is 2.47. The first-order valence-corrected chi connectivity index (χ1v) is 8.10. The van der Waals surface area contributed by atoms with Gasteiger partial charge in [-0.2, -0.15) is 8.42 Å². The van der Waals surface area contributed by atoms with Crippen LogP contribution in [0.3, 0.4) is 0 Å². The molecule has 2 aromatic carbocycles. The molecule has 24 heavy (non-hydrogen) atoms. The average molecular weight is 393 g/mol. The number of hydrogen-bond acceptors (Lipinski definition) is 7. The summed E-state index contributed by atoms with van der Waals surface area (Å²) < 4.78 is 29.2. The van der Waals surface area contributed by atoms with E-state index in [4.69, 9.17) is 27.4 Å². The number of non-ortho nitro benzene ring substituents is 1. The van der Waals surface area contributed by atoms with Crippen LogP contribution in [0.2, 0.25) is 10.0 Å². The quantitative estimate of drug-likeness (QED) is 0.431. The van der Waals surface area contributed by atoms with E-state index >= 15 is 0 Å². The van der Waals surface area contributed by atoms with E-state index in [9.17, 15) is 28.6 Å². The summed E-state index contributed by atoms with van der Waals surface area (Å²) in [6.45, 7) is 0. The predicted molar refractivity (Wildman–Crippen MR) is 84.0 cm³/mol. The second-order valence-electron chi connectivity index (χ2n) is 4.28. The molecule has 0 radical (unpaired) electrons. The SMILES string of the molecule is O=[N+]([O-])c1ccc(OS(=O)(=O)c2ccc(Cl)cc2[N+](=O)[O-])c(Cl)c1. The van der Waals surface area contributed by atoms with Gasteiger partial charge in [0.15, 0.2) is 10.6 Å². The van der Waals surface area contributed by atoms with E-state index in [0.29, 0.717) is 0 Å². The Kier molecular flexibility index (Phi) is 4.92. The lowest BCUT2D eigenvalue weighted by Gasteiger charge is -2.09. The maximum Gasteiger partial charge on any atom is 0.346 e. The van der Waals surface area contributed by atoms with Crippen LogP contribution in [-0.4, -0.2) is 18.3 Å². The van der Waals surface area contributed by atoms with Crippen molar-refractivity contribution < 1.29 is 22.4 Å². The first-order chi connectivity index (χ1) is 11.1. The summed E-state index contributed by atoms with van der Waals surface area (Å²) in [6, 6.07) is 5.75. The van der Waals surface area contributed by atoms with Crippen molar-refractivity contribution in [2.45, 2.75) is 4.90 Å². The van der Waals surface area contributed by atoms with Crippen LogP contribution >= 0.6 is 23.2 Å². The monoisotopic (exact) mass is 392 g/mol. The van der Waals surface area contributed by atoms with E-state index in [0.717, 1.165) is 36.4 Å². The molecule has 0 atom stereocenters. The molecule has 126 valence electrons. The molecule has 0 aliphatic heterocycles.